The second-order valence-corrected chi connectivity index (χ2v) is 4.78. The number of pyridine rings is 1. The van der Waals surface area contributed by atoms with Gasteiger partial charge in [-0.3, -0.25) is 0 Å². The van der Waals surface area contributed by atoms with Gasteiger partial charge in [0.15, 0.2) is 11.6 Å². The zero-order chi connectivity index (χ0) is 13.5. The number of rotatable bonds is 7. The number of anilines is 1. The van der Waals surface area contributed by atoms with Crippen molar-refractivity contribution in [3.8, 4) is 0 Å². The summed E-state index contributed by atoms with van der Waals surface area (Å²) in [5.74, 6) is 0.781. The minimum absolute atomic E-state index is 0.204. The molecule has 0 aromatic carbocycles. The second kappa shape index (κ2) is 7.31. The molecule has 1 aromatic heterocycles. The Labute approximate surface area is 109 Å². The number of nitrogens with zero attached hydrogens (tertiary/aromatic N) is 2. The Bertz CT molecular complexity index is 368. The van der Waals surface area contributed by atoms with E-state index in [-0.39, 0.29) is 5.82 Å². The Kier molecular flexibility index (Phi) is 6.05. The molecule has 0 aliphatic rings. The first-order valence-electron chi connectivity index (χ1n) is 6.65. The highest BCUT2D eigenvalue weighted by atomic mass is 19.1. The molecule has 1 N–H and O–H groups in total. The van der Waals surface area contributed by atoms with Gasteiger partial charge in [-0.1, -0.05) is 27.2 Å². The van der Waals surface area contributed by atoms with Crippen molar-refractivity contribution in [3.63, 3.8) is 0 Å². The SMILES string of the molecule is CCNCc1ccnc(N(C)CC(C)CC)c1F. The number of hydrogen-bond acceptors (Lipinski definition) is 3. The van der Waals surface area contributed by atoms with Crippen LogP contribution in [0.4, 0.5) is 10.2 Å². The van der Waals surface area contributed by atoms with Crippen molar-refractivity contribution >= 4 is 5.82 Å². The molecule has 3 nitrogen and oxygen atoms in total. The van der Waals surface area contributed by atoms with Crippen molar-refractivity contribution < 1.29 is 4.39 Å². The van der Waals surface area contributed by atoms with Gasteiger partial charge in [-0.05, 0) is 18.5 Å². The van der Waals surface area contributed by atoms with Gasteiger partial charge in [-0.2, -0.15) is 0 Å². The maximum Gasteiger partial charge on any atom is 0.170 e. The molecule has 0 amide bonds. The molecule has 0 aliphatic heterocycles. The fraction of sp³-hybridized carbons (Fsp3) is 0.643. The van der Waals surface area contributed by atoms with Gasteiger partial charge < -0.3 is 10.2 Å². The number of aromatic nitrogens is 1. The molecule has 4 heteroatoms. The molecule has 102 valence electrons. The third-order valence-electron chi connectivity index (χ3n) is 3.16. The molecule has 0 fully saturated rings. The summed E-state index contributed by atoms with van der Waals surface area (Å²) < 4.78 is 14.3. The van der Waals surface area contributed by atoms with Gasteiger partial charge in [0.25, 0.3) is 0 Å². The van der Waals surface area contributed by atoms with Gasteiger partial charge >= 0.3 is 0 Å². The van der Waals surface area contributed by atoms with E-state index in [0.29, 0.717) is 23.8 Å². The van der Waals surface area contributed by atoms with Crippen LogP contribution in [0.25, 0.3) is 0 Å². The average Bonchev–Trinajstić information content (AvgIpc) is 2.37. The molecule has 0 aliphatic carbocycles. The maximum absolute atomic E-state index is 14.3. The van der Waals surface area contributed by atoms with Crippen LogP contribution in [0.1, 0.15) is 32.8 Å². The molecule has 0 saturated carbocycles. The average molecular weight is 253 g/mol. The van der Waals surface area contributed by atoms with E-state index in [9.17, 15) is 4.39 Å². The summed E-state index contributed by atoms with van der Waals surface area (Å²) in [5, 5.41) is 3.14. The van der Waals surface area contributed by atoms with Gasteiger partial charge in [-0.15, -0.1) is 0 Å². The Hall–Kier alpha value is -1.16. The molecular formula is C14H24FN3. The van der Waals surface area contributed by atoms with Crippen LogP contribution in [0.3, 0.4) is 0 Å². The summed E-state index contributed by atoms with van der Waals surface area (Å²) in [6, 6.07) is 1.73. The first-order valence-corrected chi connectivity index (χ1v) is 6.65. The summed E-state index contributed by atoms with van der Waals surface area (Å²) in [6.07, 6.45) is 2.77. The molecule has 0 spiro atoms. The van der Waals surface area contributed by atoms with Crippen LogP contribution in [0.2, 0.25) is 0 Å². The minimum Gasteiger partial charge on any atom is -0.357 e. The zero-order valence-corrected chi connectivity index (χ0v) is 11.8. The highest BCUT2D eigenvalue weighted by molar-refractivity contribution is 5.42. The lowest BCUT2D eigenvalue weighted by molar-refractivity contribution is 0.540. The third kappa shape index (κ3) is 3.95. The third-order valence-corrected chi connectivity index (χ3v) is 3.16. The summed E-state index contributed by atoms with van der Waals surface area (Å²) in [6.45, 7) is 8.52. The van der Waals surface area contributed by atoms with Crippen LogP contribution in [0, 0.1) is 11.7 Å². The smallest absolute Gasteiger partial charge is 0.170 e. The fourth-order valence-electron chi connectivity index (χ4n) is 1.82. The monoisotopic (exact) mass is 253 g/mol. The molecule has 1 rings (SSSR count). The van der Waals surface area contributed by atoms with Gasteiger partial charge in [0.2, 0.25) is 0 Å². The van der Waals surface area contributed by atoms with E-state index in [1.807, 2.05) is 18.9 Å². The molecule has 0 saturated heterocycles. The van der Waals surface area contributed by atoms with Crippen LogP contribution >= 0.6 is 0 Å². The lowest BCUT2D eigenvalue weighted by Crippen LogP contribution is -2.26. The molecule has 1 aromatic rings. The van der Waals surface area contributed by atoms with Crippen molar-refractivity contribution in [2.75, 3.05) is 25.0 Å². The Morgan fingerprint density at radius 2 is 2.17 bits per heavy atom. The first-order chi connectivity index (χ1) is 8.60. The standard InChI is InChI=1S/C14H24FN3/c1-5-11(3)10-18(4)14-13(15)12(7-8-17-14)9-16-6-2/h7-8,11,16H,5-6,9-10H2,1-4H3. The van der Waals surface area contributed by atoms with Crippen LogP contribution in [-0.4, -0.2) is 25.1 Å². The predicted octanol–water partition coefficient (Wildman–Crippen LogP) is 2.81. The van der Waals surface area contributed by atoms with Crippen molar-refractivity contribution in [3.05, 3.63) is 23.6 Å². The Morgan fingerprint density at radius 1 is 1.44 bits per heavy atom. The van der Waals surface area contributed by atoms with Crippen molar-refractivity contribution in [1.82, 2.24) is 10.3 Å². The Morgan fingerprint density at radius 3 is 2.78 bits per heavy atom. The van der Waals surface area contributed by atoms with E-state index in [4.69, 9.17) is 0 Å². The lowest BCUT2D eigenvalue weighted by Gasteiger charge is -2.22. The van der Waals surface area contributed by atoms with Crippen LogP contribution < -0.4 is 10.2 Å². The highest BCUT2D eigenvalue weighted by Gasteiger charge is 2.14. The van der Waals surface area contributed by atoms with Crippen molar-refractivity contribution in [2.24, 2.45) is 5.92 Å². The topological polar surface area (TPSA) is 28.2 Å². The summed E-state index contributed by atoms with van der Waals surface area (Å²) in [7, 11) is 1.90. The molecule has 1 heterocycles. The molecule has 0 radical (unpaired) electrons. The number of nitrogens with one attached hydrogen (secondary N) is 1. The highest BCUT2D eigenvalue weighted by Crippen LogP contribution is 2.19. The largest absolute Gasteiger partial charge is 0.357 e. The van der Waals surface area contributed by atoms with E-state index in [2.05, 4.69) is 24.1 Å². The summed E-state index contributed by atoms with van der Waals surface area (Å²) in [4.78, 5) is 6.06. The normalized spacial score (nSPS) is 12.5. The Balaban J connectivity index is 2.81. The van der Waals surface area contributed by atoms with Gasteiger partial charge in [0.05, 0.1) is 0 Å². The first kappa shape index (κ1) is 14.9. The van der Waals surface area contributed by atoms with E-state index >= 15 is 0 Å². The number of hydrogen-bond donors (Lipinski definition) is 1. The second-order valence-electron chi connectivity index (χ2n) is 4.78. The molecule has 0 bridgehead atoms. The van der Waals surface area contributed by atoms with E-state index < -0.39 is 0 Å². The van der Waals surface area contributed by atoms with Crippen molar-refractivity contribution in [1.29, 1.82) is 0 Å². The number of halogens is 1. The minimum atomic E-state index is -0.204. The summed E-state index contributed by atoms with van der Waals surface area (Å²) in [5.41, 5.74) is 0.679. The quantitative estimate of drug-likeness (QED) is 0.810. The molecule has 1 unspecified atom stereocenters. The van der Waals surface area contributed by atoms with Crippen LogP contribution in [0.5, 0.6) is 0 Å². The van der Waals surface area contributed by atoms with E-state index in [1.54, 1.807) is 12.3 Å². The lowest BCUT2D eigenvalue weighted by atomic mass is 10.1. The van der Waals surface area contributed by atoms with Crippen molar-refractivity contribution in [2.45, 2.75) is 33.7 Å². The predicted molar refractivity (Wildman–Crippen MR) is 74.3 cm³/mol. The fourth-order valence-corrected chi connectivity index (χ4v) is 1.82. The molecule has 18 heavy (non-hydrogen) atoms. The van der Waals surface area contributed by atoms with Crippen LogP contribution in [0.15, 0.2) is 12.3 Å². The molecule has 1 atom stereocenters. The van der Waals surface area contributed by atoms with E-state index in [0.717, 1.165) is 19.5 Å². The van der Waals surface area contributed by atoms with Gasteiger partial charge in [-0.25, -0.2) is 9.37 Å². The molecular weight excluding hydrogens is 229 g/mol. The van der Waals surface area contributed by atoms with Gasteiger partial charge in [0, 0.05) is 31.9 Å². The zero-order valence-electron chi connectivity index (χ0n) is 11.8. The van der Waals surface area contributed by atoms with Crippen LogP contribution in [-0.2, 0) is 6.54 Å². The van der Waals surface area contributed by atoms with E-state index in [1.165, 1.54) is 0 Å². The maximum atomic E-state index is 14.3. The summed E-state index contributed by atoms with van der Waals surface area (Å²) >= 11 is 0. The van der Waals surface area contributed by atoms with Gasteiger partial charge in [0.1, 0.15) is 0 Å².